The van der Waals surface area contributed by atoms with Gasteiger partial charge in [0, 0.05) is 11.1 Å². The van der Waals surface area contributed by atoms with Crippen LogP contribution in [0.25, 0.3) is 0 Å². The van der Waals surface area contributed by atoms with Crippen LogP contribution in [0.5, 0.6) is 0 Å². The molecule has 0 amide bonds. The van der Waals surface area contributed by atoms with Gasteiger partial charge >= 0.3 is 0 Å². The first-order valence-corrected chi connectivity index (χ1v) is 5.81. The molecule has 2 nitrogen and oxygen atoms in total. The van der Waals surface area contributed by atoms with E-state index in [1.54, 1.807) is 0 Å². The summed E-state index contributed by atoms with van der Waals surface area (Å²) in [5.41, 5.74) is 11.1. The maximum atomic E-state index is 13.6. The molecule has 0 saturated heterocycles. The first-order chi connectivity index (χ1) is 9.40. The third kappa shape index (κ3) is 2.81. The maximum absolute atomic E-state index is 13.6. The Bertz CT molecular complexity index is 575. The predicted octanol–water partition coefficient (Wildman–Crippen LogP) is 2.94. The third-order valence-electron chi connectivity index (χ3n) is 3.02. The second-order valence-corrected chi connectivity index (χ2v) is 4.38. The Morgan fingerprint density at radius 3 is 1.35 bits per heavy atom. The van der Waals surface area contributed by atoms with Crippen LogP contribution in [-0.4, -0.2) is 0 Å². The molecule has 2 atom stereocenters. The molecule has 0 radical (unpaired) electrons. The quantitative estimate of drug-likeness (QED) is 0.851. The normalized spacial score (nSPS) is 14.1. The molecule has 0 aliphatic rings. The van der Waals surface area contributed by atoms with Crippen LogP contribution in [0.3, 0.4) is 0 Å². The molecule has 4 N–H and O–H groups in total. The van der Waals surface area contributed by atoms with Crippen LogP contribution in [0.15, 0.2) is 36.4 Å². The molecule has 0 aliphatic carbocycles. The smallest absolute Gasteiger partial charge is 0.128 e. The van der Waals surface area contributed by atoms with E-state index < -0.39 is 35.4 Å². The highest BCUT2D eigenvalue weighted by Gasteiger charge is 2.23. The second kappa shape index (κ2) is 5.60. The lowest BCUT2D eigenvalue weighted by atomic mass is 9.94. The van der Waals surface area contributed by atoms with Gasteiger partial charge in [0.15, 0.2) is 0 Å². The Balaban J connectivity index is 2.39. The van der Waals surface area contributed by atoms with Crippen molar-refractivity contribution in [1.29, 1.82) is 0 Å². The van der Waals surface area contributed by atoms with Crippen LogP contribution in [0.1, 0.15) is 23.2 Å². The number of hydrogen-bond donors (Lipinski definition) is 2. The Kier molecular flexibility index (Phi) is 4.06. The zero-order valence-electron chi connectivity index (χ0n) is 10.3. The highest BCUT2D eigenvalue weighted by molar-refractivity contribution is 5.29. The fourth-order valence-corrected chi connectivity index (χ4v) is 1.93. The fraction of sp³-hybridized carbons (Fsp3) is 0.143. The number of hydrogen-bond acceptors (Lipinski definition) is 2. The number of rotatable bonds is 3. The summed E-state index contributed by atoms with van der Waals surface area (Å²) in [4.78, 5) is 0. The highest BCUT2D eigenvalue weighted by atomic mass is 19.1. The molecule has 0 spiro atoms. The molecule has 0 fully saturated rings. The van der Waals surface area contributed by atoms with Crippen molar-refractivity contribution in [3.05, 3.63) is 70.8 Å². The number of benzene rings is 2. The summed E-state index contributed by atoms with van der Waals surface area (Å²) >= 11 is 0. The molecular weight excluding hydrogens is 272 g/mol. The summed E-state index contributed by atoms with van der Waals surface area (Å²) in [5.74, 6) is -2.90. The molecule has 106 valence electrons. The molecule has 2 aromatic rings. The van der Waals surface area contributed by atoms with Gasteiger partial charge < -0.3 is 11.5 Å². The van der Waals surface area contributed by atoms with Crippen molar-refractivity contribution < 1.29 is 17.6 Å². The van der Waals surface area contributed by atoms with Gasteiger partial charge in [0.2, 0.25) is 0 Å². The van der Waals surface area contributed by atoms with Crippen molar-refractivity contribution in [3.63, 3.8) is 0 Å². The number of nitrogens with two attached hydrogens (primary N) is 2. The molecular formula is C14H12F4N2. The van der Waals surface area contributed by atoms with Crippen LogP contribution >= 0.6 is 0 Å². The molecule has 2 aromatic carbocycles. The van der Waals surface area contributed by atoms with E-state index in [1.807, 2.05) is 0 Å². The van der Waals surface area contributed by atoms with E-state index in [-0.39, 0.29) is 11.1 Å². The standard InChI is InChI=1S/C14H12F4N2/c15-7-1-3-11(17)9(5-7)13(19)14(20)10-6-8(16)2-4-12(10)18/h1-6,13-14H,19-20H2. The largest absolute Gasteiger partial charge is 0.322 e. The first-order valence-electron chi connectivity index (χ1n) is 5.81. The van der Waals surface area contributed by atoms with E-state index in [2.05, 4.69) is 0 Å². The van der Waals surface area contributed by atoms with E-state index >= 15 is 0 Å². The molecule has 6 heteroatoms. The molecule has 2 rings (SSSR count). The van der Waals surface area contributed by atoms with Crippen molar-refractivity contribution in [3.8, 4) is 0 Å². The van der Waals surface area contributed by atoms with Gasteiger partial charge in [-0.2, -0.15) is 0 Å². The average molecular weight is 284 g/mol. The minimum absolute atomic E-state index is 0.193. The van der Waals surface area contributed by atoms with Crippen molar-refractivity contribution in [2.75, 3.05) is 0 Å². The van der Waals surface area contributed by atoms with E-state index in [9.17, 15) is 17.6 Å². The number of halogens is 4. The van der Waals surface area contributed by atoms with Crippen LogP contribution < -0.4 is 11.5 Å². The second-order valence-electron chi connectivity index (χ2n) is 4.38. The van der Waals surface area contributed by atoms with Gasteiger partial charge in [-0.25, -0.2) is 17.6 Å². The lowest BCUT2D eigenvalue weighted by Gasteiger charge is -2.21. The van der Waals surface area contributed by atoms with Gasteiger partial charge in [-0.1, -0.05) is 0 Å². The monoisotopic (exact) mass is 284 g/mol. The summed E-state index contributed by atoms with van der Waals surface area (Å²) in [6.07, 6.45) is 0. The molecule has 0 heterocycles. The molecule has 0 aromatic heterocycles. The van der Waals surface area contributed by atoms with E-state index in [4.69, 9.17) is 11.5 Å². The van der Waals surface area contributed by atoms with E-state index in [1.165, 1.54) is 0 Å². The Labute approximate surface area is 113 Å². The summed E-state index contributed by atoms with van der Waals surface area (Å²) < 4.78 is 53.5. The molecule has 0 bridgehead atoms. The van der Waals surface area contributed by atoms with Crippen LogP contribution in [0, 0.1) is 23.3 Å². The highest BCUT2D eigenvalue weighted by Crippen LogP contribution is 2.28. The van der Waals surface area contributed by atoms with Gasteiger partial charge in [0.1, 0.15) is 23.3 Å². The van der Waals surface area contributed by atoms with Crippen molar-refractivity contribution in [1.82, 2.24) is 0 Å². The van der Waals surface area contributed by atoms with Gasteiger partial charge in [0.25, 0.3) is 0 Å². The molecule has 0 saturated carbocycles. The Hall–Kier alpha value is -1.92. The van der Waals surface area contributed by atoms with Gasteiger partial charge in [0.05, 0.1) is 12.1 Å². The van der Waals surface area contributed by atoms with Crippen LogP contribution in [0.2, 0.25) is 0 Å². The Morgan fingerprint density at radius 2 is 1.00 bits per heavy atom. The molecule has 2 unspecified atom stereocenters. The minimum Gasteiger partial charge on any atom is -0.322 e. The topological polar surface area (TPSA) is 52.0 Å². The van der Waals surface area contributed by atoms with Crippen molar-refractivity contribution in [2.24, 2.45) is 11.5 Å². The van der Waals surface area contributed by atoms with Gasteiger partial charge in [-0.15, -0.1) is 0 Å². The van der Waals surface area contributed by atoms with Gasteiger partial charge in [-0.3, -0.25) is 0 Å². The average Bonchev–Trinajstić information content (AvgIpc) is 2.42. The van der Waals surface area contributed by atoms with E-state index in [0.717, 1.165) is 36.4 Å². The first kappa shape index (κ1) is 14.5. The zero-order chi connectivity index (χ0) is 14.9. The lowest BCUT2D eigenvalue weighted by molar-refractivity contribution is 0.492. The van der Waals surface area contributed by atoms with Crippen molar-refractivity contribution >= 4 is 0 Å². The summed E-state index contributed by atoms with van der Waals surface area (Å²) in [7, 11) is 0. The summed E-state index contributed by atoms with van der Waals surface area (Å²) in [5, 5.41) is 0. The minimum atomic E-state index is -1.21. The predicted molar refractivity (Wildman–Crippen MR) is 66.6 cm³/mol. The summed E-state index contributed by atoms with van der Waals surface area (Å²) in [6, 6.07) is 3.02. The maximum Gasteiger partial charge on any atom is 0.128 e. The lowest BCUT2D eigenvalue weighted by Crippen LogP contribution is -2.28. The van der Waals surface area contributed by atoms with Crippen LogP contribution in [-0.2, 0) is 0 Å². The van der Waals surface area contributed by atoms with Crippen molar-refractivity contribution in [2.45, 2.75) is 12.1 Å². The molecule has 20 heavy (non-hydrogen) atoms. The SMILES string of the molecule is NC(c1cc(F)ccc1F)C(N)c1cc(F)ccc1F. The molecule has 0 aliphatic heterocycles. The fourth-order valence-electron chi connectivity index (χ4n) is 1.93. The van der Waals surface area contributed by atoms with E-state index in [0.29, 0.717) is 0 Å². The van der Waals surface area contributed by atoms with Gasteiger partial charge in [-0.05, 0) is 36.4 Å². The zero-order valence-corrected chi connectivity index (χ0v) is 10.3. The van der Waals surface area contributed by atoms with Crippen LogP contribution in [0.4, 0.5) is 17.6 Å². The third-order valence-corrected chi connectivity index (χ3v) is 3.02. The Morgan fingerprint density at radius 1 is 0.650 bits per heavy atom. The summed E-state index contributed by atoms with van der Waals surface area (Å²) in [6.45, 7) is 0.